The fourth-order valence-corrected chi connectivity index (χ4v) is 2.13. The van der Waals surface area contributed by atoms with Crippen LogP contribution in [0.15, 0.2) is 36.4 Å². The van der Waals surface area contributed by atoms with Crippen LogP contribution in [-0.2, 0) is 0 Å². The number of carbonyl (C=O) groups is 1. The SMILES string of the molecule is COc1ccc(C(=O)Nc2ccc(C)cc2C)cc1OC. The molecule has 0 aromatic heterocycles. The van der Waals surface area contributed by atoms with Gasteiger partial charge in [0.05, 0.1) is 14.2 Å². The van der Waals surface area contributed by atoms with E-state index in [-0.39, 0.29) is 5.91 Å². The highest BCUT2D eigenvalue weighted by atomic mass is 16.5. The monoisotopic (exact) mass is 285 g/mol. The average Bonchev–Trinajstić information content (AvgIpc) is 2.49. The molecule has 0 spiro atoms. The molecular weight excluding hydrogens is 266 g/mol. The molecule has 1 N–H and O–H groups in total. The number of benzene rings is 2. The van der Waals surface area contributed by atoms with Gasteiger partial charge in [0.1, 0.15) is 0 Å². The molecule has 0 aliphatic heterocycles. The first-order valence-corrected chi connectivity index (χ1v) is 6.65. The summed E-state index contributed by atoms with van der Waals surface area (Å²) in [4.78, 5) is 12.3. The van der Waals surface area contributed by atoms with Gasteiger partial charge in [-0.25, -0.2) is 0 Å². The predicted octanol–water partition coefficient (Wildman–Crippen LogP) is 3.57. The summed E-state index contributed by atoms with van der Waals surface area (Å²) in [5.74, 6) is 0.953. The van der Waals surface area contributed by atoms with Crippen LogP contribution >= 0.6 is 0 Å². The zero-order valence-corrected chi connectivity index (χ0v) is 12.7. The maximum Gasteiger partial charge on any atom is 0.255 e. The maximum atomic E-state index is 12.3. The number of hydrogen-bond donors (Lipinski definition) is 1. The molecule has 2 aromatic carbocycles. The topological polar surface area (TPSA) is 47.6 Å². The Bertz CT molecular complexity index is 665. The molecule has 0 fully saturated rings. The van der Waals surface area contributed by atoms with Crippen LogP contribution in [0.3, 0.4) is 0 Å². The van der Waals surface area contributed by atoms with Crippen LogP contribution in [0, 0.1) is 13.8 Å². The highest BCUT2D eigenvalue weighted by molar-refractivity contribution is 6.05. The van der Waals surface area contributed by atoms with E-state index < -0.39 is 0 Å². The Kier molecular flexibility index (Phi) is 4.48. The highest BCUT2D eigenvalue weighted by Gasteiger charge is 2.11. The standard InChI is InChI=1S/C17H19NO3/c1-11-5-7-14(12(2)9-11)18-17(19)13-6-8-15(20-3)16(10-13)21-4/h5-10H,1-4H3,(H,18,19). The van der Waals surface area contributed by atoms with E-state index in [1.54, 1.807) is 32.4 Å². The van der Waals surface area contributed by atoms with Gasteiger partial charge in [0.2, 0.25) is 0 Å². The summed E-state index contributed by atoms with van der Waals surface area (Å²) in [6, 6.07) is 11.0. The minimum Gasteiger partial charge on any atom is -0.493 e. The predicted molar refractivity (Wildman–Crippen MR) is 83.4 cm³/mol. The van der Waals surface area contributed by atoms with E-state index in [9.17, 15) is 4.79 Å². The smallest absolute Gasteiger partial charge is 0.255 e. The summed E-state index contributed by atoms with van der Waals surface area (Å²) in [7, 11) is 3.11. The second-order valence-electron chi connectivity index (χ2n) is 4.84. The summed E-state index contributed by atoms with van der Waals surface area (Å²) >= 11 is 0. The van der Waals surface area contributed by atoms with Crippen LogP contribution in [-0.4, -0.2) is 20.1 Å². The van der Waals surface area contributed by atoms with E-state index in [1.807, 2.05) is 32.0 Å². The maximum absolute atomic E-state index is 12.3. The Balaban J connectivity index is 2.24. The van der Waals surface area contributed by atoms with Gasteiger partial charge in [-0.15, -0.1) is 0 Å². The first-order valence-electron chi connectivity index (χ1n) is 6.65. The molecule has 110 valence electrons. The van der Waals surface area contributed by atoms with Crippen LogP contribution in [0.5, 0.6) is 11.5 Å². The van der Waals surface area contributed by atoms with Gasteiger partial charge in [-0.3, -0.25) is 4.79 Å². The molecule has 0 radical (unpaired) electrons. The number of rotatable bonds is 4. The third-order valence-electron chi connectivity index (χ3n) is 3.28. The molecule has 0 unspecified atom stereocenters. The number of amides is 1. The molecule has 21 heavy (non-hydrogen) atoms. The van der Waals surface area contributed by atoms with Crippen molar-refractivity contribution < 1.29 is 14.3 Å². The lowest BCUT2D eigenvalue weighted by atomic mass is 10.1. The number of anilines is 1. The largest absolute Gasteiger partial charge is 0.493 e. The van der Waals surface area contributed by atoms with E-state index >= 15 is 0 Å². The summed E-state index contributed by atoms with van der Waals surface area (Å²) in [6.45, 7) is 3.99. The molecule has 0 aliphatic rings. The van der Waals surface area contributed by atoms with Crippen LogP contribution in [0.1, 0.15) is 21.5 Å². The molecule has 0 aliphatic carbocycles. The highest BCUT2D eigenvalue weighted by Crippen LogP contribution is 2.28. The van der Waals surface area contributed by atoms with Crippen molar-refractivity contribution in [1.29, 1.82) is 0 Å². The third-order valence-corrected chi connectivity index (χ3v) is 3.28. The first kappa shape index (κ1) is 14.9. The number of hydrogen-bond acceptors (Lipinski definition) is 3. The lowest BCUT2D eigenvalue weighted by Gasteiger charge is -2.11. The van der Waals surface area contributed by atoms with Crippen molar-refractivity contribution >= 4 is 11.6 Å². The van der Waals surface area contributed by atoms with Crippen molar-refractivity contribution in [2.24, 2.45) is 0 Å². The average molecular weight is 285 g/mol. The van der Waals surface area contributed by atoms with Crippen LogP contribution < -0.4 is 14.8 Å². The van der Waals surface area contributed by atoms with Crippen molar-refractivity contribution in [1.82, 2.24) is 0 Å². The second kappa shape index (κ2) is 6.31. The summed E-state index contributed by atoms with van der Waals surface area (Å²) < 4.78 is 10.4. The van der Waals surface area contributed by atoms with Crippen molar-refractivity contribution in [3.8, 4) is 11.5 Å². The minimum absolute atomic E-state index is 0.178. The number of ether oxygens (including phenoxy) is 2. The Morgan fingerprint density at radius 3 is 2.29 bits per heavy atom. The molecule has 2 rings (SSSR count). The lowest BCUT2D eigenvalue weighted by molar-refractivity contribution is 0.102. The molecule has 2 aromatic rings. The van der Waals surface area contributed by atoms with E-state index in [0.29, 0.717) is 17.1 Å². The van der Waals surface area contributed by atoms with Crippen LogP contribution in [0.25, 0.3) is 0 Å². The fourth-order valence-electron chi connectivity index (χ4n) is 2.13. The molecule has 0 heterocycles. The lowest BCUT2D eigenvalue weighted by Crippen LogP contribution is -2.13. The molecule has 0 saturated carbocycles. The number of aryl methyl sites for hydroxylation is 2. The zero-order valence-electron chi connectivity index (χ0n) is 12.7. The van der Waals surface area contributed by atoms with Gasteiger partial charge in [-0.2, -0.15) is 0 Å². The Morgan fingerprint density at radius 2 is 1.67 bits per heavy atom. The fraction of sp³-hybridized carbons (Fsp3) is 0.235. The van der Waals surface area contributed by atoms with E-state index in [0.717, 1.165) is 16.8 Å². The van der Waals surface area contributed by atoms with Crippen molar-refractivity contribution in [3.63, 3.8) is 0 Å². The molecule has 4 heteroatoms. The van der Waals surface area contributed by atoms with Crippen molar-refractivity contribution in [2.45, 2.75) is 13.8 Å². The van der Waals surface area contributed by atoms with E-state index in [1.165, 1.54) is 0 Å². The minimum atomic E-state index is -0.178. The first-order chi connectivity index (χ1) is 10.0. The normalized spacial score (nSPS) is 10.1. The molecule has 0 bridgehead atoms. The molecular formula is C17H19NO3. The zero-order chi connectivity index (χ0) is 15.4. The van der Waals surface area contributed by atoms with Crippen molar-refractivity contribution in [2.75, 3.05) is 19.5 Å². The second-order valence-corrected chi connectivity index (χ2v) is 4.84. The number of methoxy groups -OCH3 is 2. The van der Waals surface area contributed by atoms with Gasteiger partial charge in [0.25, 0.3) is 5.91 Å². The van der Waals surface area contributed by atoms with Gasteiger partial charge in [0.15, 0.2) is 11.5 Å². The van der Waals surface area contributed by atoms with Crippen LogP contribution in [0.2, 0.25) is 0 Å². The Hall–Kier alpha value is -2.49. The third kappa shape index (κ3) is 3.34. The Labute approximate surface area is 124 Å². The number of nitrogens with one attached hydrogen (secondary N) is 1. The van der Waals surface area contributed by atoms with Crippen LogP contribution in [0.4, 0.5) is 5.69 Å². The van der Waals surface area contributed by atoms with Gasteiger partial charge < -0.3 is 14.8 Å². The summed E-state index contributed by atoms with van der Waals surface area (Å²) in [5, 5.41) is 2.91. The van der Waals surface area contributed by atoms with Gasteiger partial charge in [-0.05, 0) is 43.7 Å². The van der Waals surface area contributed by atoms with Gasteiger partial charge in [0, 0.05) is 11.3 Å². The van der Waals surface area contributed by atoms with E-state index in [4.69, 9.17) is 9.47 Å². The molecule has 1 amide bonds. The van der Waals surface area contributed by atoms with E-state index in [2.05, 4.69) is 5.32 Å². The molecule has 0 atom stereocenters. The van der Waals surface area contributed by atoms with Gasteiger partial charge >= 0.3 is 0 Å². The number of carbonyl (C=O) groups excluding carboxylic acids is 1. The molecule has 0 saturated heterocycles. The Morgan fingerprint density at radius 1 is 0.952 bits per heavy atom. The summed E-state index contributed by atoms with van der Waals surface area (Å²) in [6.07, 6.45) is 0. The quantitative estimate of drug-likeness (QED) is 0.934. The summed E-state index contributed by atoms with van der Waals surface area (Å²) in [5.41, 5.74) is 3.52. The van der Waals surface area contributed by atoms with Crippen molar-refractivity contribution in [3.05, 3.63) is 53.1 Å². The van der Waals surface area contributed by atoms with Gasteiger partial charge in [-0.1, -0.05) is 17.7 Å². The molecule has 4 nitrogen and oxygen atoms in total.